The van der Waals surface area contributed by atoms with E-state index in [4.69, 9.17) is 9.47 Å². The lowest BCUT2D eigenvalue weighted by atomic mass is 10.1. The van der Waals surface area contributed by atoms with Crippen LogP contribution in [0.2, 0.25) is 0 Å². The highest BCUT2D eigenvalue weighted by Gasteiger charge is 2.11. The molecule has 0 bridgehead atoms. The Hall–Kier alpha value is -2.99. The van der Waals surface area contributed by atoms with Crippen molar-refractivity contribution >= 4 is 23.3 Å². The van der Waals surface area contributed by atoms with E-state index in [1.54, 1.807) is 55.6 Å². The smallest absolute Gasteiger partial charge is 0.338 e. The largest absolute Gasteiger partial charge is 0.452 e. The van der Waals surface area contributed by atoms with Gasteiger partial charge < -0.3 is 14.8 Å². The third kappa shape index (κ3) is 5.54. The number of carbonyl (C=O) groups excluding carboxylic acids is 3. The normalized spacial score (nSPS) is 10.2. The first-order valence-electron chi connectivity index (χ1n) is 7.65. The zero-order valence-electron chi connectivity index (χ0n) is 14.1. The van der Waals surface area contributed by atoms with Gasteiger partial charge in [-0.1, -0.05) is 24.3 Å². The van der Waals surface area contributed by atoms with Gasteiger partial charge in [0.25, 0.3) is 5.91 Å². The molecule has 2 aromatic rings. The van der Waals surface area contributed by atoms with Crippen LogP contribution in [0.5, 0.6) is 0 Å². The SMILES string of the molecule is COCc1ccc(C(=O)OCC(=O)Nc2cccc(C(C)=O)c2)cc1. The molecule has 0 atom stereocenters. The van der Waals surface area contributed by atoms with Crippen LogP contribution in [0.1, 0.15) is 33.2 Å². The van der Waals surface area contributed by atoms with Crippen molar-refractivity contribution in [1.82, 2.24) is 0 Å². The molecule has 25 heavy (non-hydrogen) atoms. The summed E-state index contributed by atoms with van der Waals surface area (Å²) in [5.74, 6) is -1.17. The highest BCUT2D eigenvalue weighted by Crippen LogP contribution is 2.11. The quantitative estimate of drug-likeness (QED) is 0.618. The Morgan fingerprint density at radius 1 is 1.00 bits per heavy atom. The molecule has 0 saturated heterocycles. The minimum Gasteiger partial charge on any atom is -0.452 e. The van der Waals surface area contributed by atoms with Gasteiger partial charge in [0, 0.05) is 18.4 Å². The highest BCUT2D eigenvalue weighted by molar-refractivity contribution is 5.98. The molecule has 0 unspecified atom stereocenters. The van der Waals surface area contributed by atoms with Crippen LogP contribution in [0, 0.1) is 0 Å². The molecule has 0 fully saturated rings. The summed E-state index contributed by atoms with van der Waals surface area (Å²) in [5.41, 5.74) is 2.25. The van der Waals surface area contributed by atoms with Gasteiger partial charge in [0.2, 0.25) is 0 Å². The average molecular weight is 341 g/mol. The van der Waals surface area contributed by atoms with E-state index in [1.165, 1.54) is 6.92 Å². The Bertz CT molecular complexity index is 768. The number of esters is 1. The lowest BCUT2D eigenvalue weighted by Gasteiger charge is -2.08. The molecule has 0 aromatic heterocycles. The van der Waals surface area contributed by atoms with Crippen LogP contribution in [0.15, 0.2) is 48.5 Å². The molecule has 1 amide bonds. The summed E-state index contributed by atoms with van der Waals surface area (Å²) in [6, 6.07) is 13.3. The second-order valence-corrected chi connectivity index (χ2v) is 5.39. The minimum atomic E-state index is -0.586. The number of benzene rings is 2. The third-order valence-corrected chi connectivity index (χ3v) is 3.39. The molecule has 6 heteroatoms. The second-order valence-electron chi connectivity index (χ2n) is 5.39. The van der Waals surface area contributed by atoms with Gasteiger partial charge in [0.05, 0.1) is 12.2 Å². The first kappa shape index (κ1) is 18.4. The molecule has 0 spiro atoms. The molecule has 0 saturated carbocycles. The maximum atomic E-state index is 11.9. The predicted molar refractivity (Wildman–Crippen MR) is 92.5 cm³/mol. The molecule has 0 heterocycles. The number of amides is 1. The number of nitrogens with one attached hydrogen (secondary N) is 1. The summed E-state index contributed by atoms with van der Waals surface area (Å²) in [6.07, 6.45) is 0. The van der Waals surface area contributed by atoms with Crippen molar-refractivity contribution in [1.29, 1.82) is 0 Å². The first-order valence-corrected chi connectivity index (χ1v) is 7.65. The minimum absolute atomic E-state index is 0.0977. The van der Waals surface area contributed by atoms with Crippen LogP contribution in [0.4, 0.5) is 5.69 Å². The Morgan fingerprint density at radius 3 is 2.36 bits per heavy atom. The standard InChI is InChI=1S/C19H19NO5/c1-13(21)16-4-3-5-17(10-16)20-18(22)12-25-19(23)15-8-6-14(7-9-15)11-24-2/h3-10H,11-12H2,1-2H3,(H,20,22). The average Bonchev–Trinajstić information content (AvgIpc) is 2.61. The second kappa shape index (κ2) is 8.75. The fourth-order valence-corrected chi connectivity index (χ4v) is 2.13. The number of hydrogen-bond acceptors (Lipinski definition) is 5. The molecule has 0 radical (unpaired) electrons. The number of hydrogen-bond donors (Lipinski definition) is 1. The molecule has 130 valence electrons. The van der Waals surface area contributed by atoms with Crippen LogP contribution in [-0.4, -0.2) is 31.4 Å². The Morgan fingerprint density at radius 2 is 1.72 bits per heavy atom. The van der Waals surface area contributed by atoms with Gasteiger partial charge in [0.1, 0.15) is 0 Å². The number of anilines is 1. The number of rotatable bonds is 7. The van der Waals surface area contributed by atoms with Gasteiger partial charge in [-0.2, -0.15) is 0 Å². The number of Topliss-reactive ketones (excluding diaryl/α,β-unsaturated/α-hetero) is 1. The van der Waals surface area contributed by atoms with Gasteiger partial charge in [-0.15, -0.1) is 0 Å². The number of ketones is 1. The van der Waals surface area contributed by atoms with Crippen molar-refractivity contribution in [3.05, 3.63) is 65.2 Å². The zero-order valence-corrected chi connectivity index (χ0v) is 14.1. The van der Waals surface area contributed by atoms with E-state index in [0.29, 0.717) is 23.4 Å². The molecule has 6 nitrogen and oxygen atoms in total. The van der Waals surface area contributed by atoms with E-state index >= 15 is 0 Å². The Balaban J connectivity index is 1.87. The van der Waals surface area contributed by atoms with E-state index < -0.39 is 18.5 Å². The monoisotopic (exact) mass is 341 g/mol. The van der Waals surface area contributed by atoms with Crippen molar-refractivity contribution < 1.29 is 23.9 Å². The number of carbonyl (C=O) groups is 3. The highest BCUT2D eigenvalue weighted by atomic mass is 16.5. The van der Waals surface area contributed by atoms with Gasteiger partial charge >= 0.3 is 5.97 Å². The fourth-order valence-electron chi connectivity index (χ4n) is 2.13. The van der Waals surface area contributed by atoms with E-state index in [0.717, 1.165) is 5.56 Å². The predicted octanol–water partition coefficient (Wildman–Crippen LogP) is 2.83. The van der Waals surface area contributed by atoms with E-state index in [9.17, 15) is 14.4 Å². The molecule has 2 aromatic carbocycles. The van der Waals surface area contributed by atoms with E-state index in [-0.39, 0.29) is 5.78 Å². The Kier molecular flexibility index (Phi) is 6.42. The van der Waals surface area contributed by atoms with Crippen molar-refractivity contribution in [3.8, 4) is 0 Å². The van der Waals surface area contributed by atoms with Crippen molar-refractivity contribution in [3.63, 3.8) is 0 Å². The van der Waals surface area contributed by atoms with Crippen molar-refractivity contribution in [2.75, 3.05) is 19.0 Å². The summed E-state index contributed by atoms with van der Waals surface area (Å²) in [4.78, 5) is 35.1. The van der Waals surface area contributed by atoms with Crippen LogP contribution in [0.3, 0.4) is 0 Å². The van der Waals surface area contributed by atoms with Crippen LogP contribution in [0.25, 0.3) is 0 Å². The third-order valence-electron chi connectivity index (χ3n) is 3.39. The summed E-state index contributed by atoms with van der Waals surface area (Å²) in [5, 5.41) is 2.58. The number of methoxy groups -OCH3 is 1. The zero-order chi connectivity index (χ0) is 18.2. The first-order chi connectivity index (χ1) is 12.0. The maximum absolute atomic E-state index is 11.9. The maximum Gasteiger partial charge on any atom is 0.338 e. The van der Waals surface area contributed by atoms with Crippen LogP contribution in [-0.2, 0) is 20.9 Å². The van der Waals surface area contributed by atoms with Gasteiger partial charge in [0.15, 0.2) is 12.4 Å². The van der Waals surface area contributed by atoms with Gasteiger partial charge in [-0.25, -0.2) is 4.79 Å². The number of ether oxygens (including phenoxy) is 2. The van der Waals surface area contributed by atoms with Crippen molar-refractivity contribution in [2.45, 2.75) is 13.5 Å². The molecule has 0 aliphatic heterocycles. The summed E-state index contributed by atoms with van der Waals surface area (Å²) < 4.78 is 9.99. The Labute approximate surface area is 145 Å². The summed E-state index contributed by atoms with van der Waals surface area (Å²) >= 11 is 0. The lowest BCUT2D eigenvalue weighted by Crippen LogP contribution is -2.21. The van der Waals surface area contributed by atoms with E-state index in [1.807, 2.05) is 0 Å². The summed E-state index contributed by atoms with van der Waals surface area (Å²) in [6.45, 7) is 1.49. The molecule has 1 N–H and O–H groups in total. The molecule has 0 aliphatic rings. The lowest BCUT2D eigenvalue weighted by molar-refractivity contribution is -0.119. The fraction of sp³-hybridized carbons (Fsp3) is 0.211. The van der Waals surface area contributed by atoms with E-state index in [2.05, 4.69) is 5.32 Å². The molecule has 2 rings (SSSR count). The van der Waals surface area contributed by atoms with Crippen LogP contribution >= 0.6 is 0 Å². The molecular formula is C19H19NO5. The van der Waals surface area contributed by atoms with Crippen LogP contribution < -0.4 is 5.32 Å². The topological polar surface area (TPSA) is 81.7 Å². The van der Waals surface area contributed by atoms with Crippen molar-refractivity contribution in [2.24, 2.45) is 0 Å². The molecular weight excluding hydrogens is 322 g/mol. The van der Waals surface area contributed by atoms with Gasteiger partial charge in [-0.3, -0.25) is 9.59 Å². The summed E-state index contributed by atoms with van der Waals surface area (Å²) in [7, 11) is 1.59. The van der Waals surface area contributed by atoms with Gasteiger partial charge in [-0.05, 0) is 36.8 Å². The molecule has 0 aliphatic carbocycles.